The molecule has 1 heterocycles. The summed E-state index contributed by atoms with van der Waals surface area (Å²) in [7, 11) is 0. The van der Waals surface area contributed by atoms with Gasteiger partial charge in [-0.15, -0.1) is 0 Å². The molecule has 0 radical (unpaired) electrons. The van der Waals surface area contributed by atoms with Gasteiger partial charge in [0, 0.05) is 24.1 Å². The Morgan fingerprint density at radius 2 is 1.56 bits per heavy atom. The van der Waals surface area contributed by atoms with Gasteiger partial charge < -0.3 is 10.6 Å². The molecule has 0 aliphatic carbocycles. The minimum atomic E-state index is -4.44. The number of benzene rings is 1. The van der Waals surface area contributed by atoms with Gasteiger partial charge >= 0.3 is 6.18 Å². The first kappa shape index (κ1) is 18.4. The zero-order valence-electron chi connectivity index (χ0n) is 13.5. The first-order valence-corrected chi connectivity index (χ1v) is 7.41. The van der Waals surface area contributed by atoms with Gasteiger partial charge in [0.2, 0.25) is 0 Å². The fraction of sp³-hybridized carbons (Fsp3) is 0.235. The number of carbonyl (C=O) groups is 2. The van der Waals surface area contributed by atoms with Crippen molar-refractivity contribution in [2.75, 3.05) is 5.32 Å². The quantitative estimate of drug-likeness (QED) is 0.886. The molecule has 0 saturated carbocycles. The second-order valence-corrected chi connectivity index (χ2v) is 5.62. The van der Waals surface area contributed by atoms with E-state index in [0.29, 0.717) is 0 Å². The van der Waals surface area contributed by atoms with Crippen molar-refractivity contribution < 1.29 is 22.8 Å². The Labute approximate surface area is 142 Å². The standard InChI is InChI=1S/C17H16F3N3O2/c1-10(2)22-15(24)11-7-12(9-21-8-11)16(25)23-14-5-3-13(4-6-14)17(18,19)20/h3-10H,1-2H3,(H,22,24)(H,23,25). The molecule has 1 aromatic carbocycles. The largest absolute Gasteiger partial charge is 0.416 e. The molecule has 25 heavy (non-hydrogen) atoms. The Morgan fingerprint density at radius 1 is 1.00 bits per heavy atom. The second-order valence-electron chi connectivity index (χ2n) is 5.62. The molecule has 0 saturated heterocycles. The van der Waals surface area contributed by atoms with E-state index in [1.807, 2.05) is 0 Å². The van der Waals surface area contributed by atoms with E-state index in [1.54, 1.807) is 13.8 Å². The second kappa shape index (κ2) is 7.33. The van der Waals surface area contributed by atoms with E-state index in [2.05, 4.69) is 15.6 Å². The highest BCUT2D eigenvalue weighted by Crippen LogP contribution is 2.29. The van der Waals surface area contributed by atoms with Gasteiger partial charge in [-0.25, -0.2) is 0 Å². The SMILES string of the molecule is CC(C)NC(=O)c1cncc(C(=O)Nc2ccc(C(F)(F)F)cc2)c1. The summed E-state index contributed by atoms with van der Waals surface area (Å²) in [4.78, 5) is 28.0. The fourth-order valence-electron chi connectivity index (χ4n) is 1.98. The van der Waals surface area contributed by atoms with Gasteiger partial charge in [0.25, 0.3) is 11.8 Å². The molecule has 2 N–H and O–H groups in total. The number of alkyl halides is 3. The average Bonchev–Trinajstić information content (AvgIpc) is 2.54. The van der Waals surface area contributed by atoms with Gasteiger partial charge in [-0.2, -0.15) is 13.2 Å². The highest BCUT2D eigenvalue weighted by atomic mass is 19.4. The lowest BCUT2D eigenvalue weighted by molar-refractivity contribution is -0.137. The lowest BCUT2D eigenvalue weighted by atomic mass is 10.1. The number of halogens is 3. The summed E-state index contributed by atoms with van der Waals surface area (Å²) in [6.45, 7) is 3.60. The van der Waals surface area contributed by atoms with Crippen LogP contribution in [0.3, 0.4) is 0 Å². The maximum Gasteiger partial charge on any atom is 0.416 e. The number of carbonyl (C=O) groups excluding carboxylic acids is 2. The number of hydrogen-bond acceptors (Lipinski definition) is 3. The molecule has 8 heteroatoms. The monoisotopic (exact) mass is 351 g/mol. The zero-order chi connectivity index (χ0) is 18.6. The Morgan fingerprint density at radius 3 is 2.08 bits per heavy atom. The lowest BCUT2D eigenvalue weighted by Crippen LogP contribution is -2.30. The third-order valence-electron chi connectivity index (χ3n) is 3.15. The molecule has 1 aromatic heterocycles. The molecule has 0 atom stereocenters. The molecule has 132 valence electrons. The normalized spacial score (nSPS) is 11.3. The molecule has 0 spiro atoms. The van der Waals surface area contributed by atoms with Crippen LogP contribution in [-0.2, 0) is 6.18 Å². The predicted octanol–water partition coefficient (Wildman–Crippen LogP) is 3.49. The van der Waals surface area contributed by atoms with Crippen LogP contribution < -0.4 is 10.6 Å². The number of rotatable bonds is 4. The van der Waals surface area contributed by atoms with Crippen molar-refractivity contribution in [1.82, 2.24) is 10.3 Å². The minimum Gasteiger partial charge on any atom is -0.350 e. The molecule has 0 bridgehead atoms. The first-order valence-electron chi connectivity index (χ1n) is 7.41. The van der Waals surface area contributed by atoms with E-state index in [1.165, 1.54) is 18.5 Å². The predicted molar refractivity (Wildman–Crippen MR) is 86.2 cm³/mol. The molecule has 2 aromatic rings. The van der Waals surface area contributed by atoms with Gasteiger partial charge in [-0.05, 0) is 44.2 Å². The molecule has 5 nitrogen and oxygen atoms in total. The zero-order valence-corrected chi connectivity index (χ0v) is 13.5. The number of nitrogens with zero attached hydrogens (tertiary/aromatic N) is 1. The molecule has 2 amide bonds. The van der Waals surface area contributed by atoms with Crippen molar-refractivity contribution in [2.45, 2.75) is 26.1 Å². The van der Waals surface area contributed by atoms with Crippen molar-refractivity contribution in [2.24, 2.45) is 0 Å². The summed E-state index contributed by atoms with van der Waals surface area (Å²) in [6, 6.07) is 5.36. The molecular formula is C17H16F3N3O2. The summed E-state index contributed by atoms with van der Waals surface area (Å²) >= 11 is 0. The van der Waals surface area contributed by atoms with Crippen LogP contribution in [0, 0.1) is 0 Å². The average molecular weight is 351 g/mol. The van der Waals surface area contributed by atoms with Gasteiger partial charge in [-0.3, -0.25) is 14.6 Å². The highest BCUT2D eigenvalue weighted by Gasteiger charge is 2.30. The van der Waals surface area contributed by atoms with Crippen LogP contribution in [0.4, 0.5) is 18.9 Å². The Kier molecular flexibility index (Phi) is 5.41. The molecule has 0 aliphatic rings. The summed E-state index contributed by atoms with van der Waals surface area (Å²) in [5, 5.41) is 5.14. The van der Waals surface area contributed by atoms with Gasteiger partial charge in [0.1, 0.15) is 0 Å². The van der Waals surface area contributed by atoms with E-state index in [-0.39, 0.29) is 28.8 Å². The van der Waals surface area contributed by atoms with Crippen molar-refractivity contribution in [3.05, 3.63) is 59.4 Å². The molecule has 0 fully saturated rings. The van der Waals surface area contributed by atoms with E-state index in [4.69, 9.17) is 0 Å². The van der Waals surface area contributed by atoms with Crippen molar-refractivity contribution in [3.63, 3.8) is 0 Å². The maximum absolute atomic E-state index is 12.5. The van der Waals surface area contributed by atoms with E-state index in [0.717, 1.165) is 24.3 Å². The Balaban J connectivity index is 2.12. The van der Waals surface area contributed by atoms with E-state index < -0.39 is 17.6 Å². The van der Waals surface area contributed by atoms with Crippen LogP contribution in [0.15, 0.2) is 42.7 Å². The van der Waals surface area contributed by atoms with Gasteiger partial charge in [-0.1, -0.05) is 0 Å². The summed E-state index contributed by atoms with van der Waals surface area (Å²) in [5.41, 5.74) is -0.264. The van der Waals surface area contributed by atoms with Crippen molar-refractivity contribution >= 4 is 17.5 Å². The van der Waals surface area contributed by atoms with E-state index >= 15 is 0 Å². The fourth-order valence-corrected chi connectivity index (χ4v) is 1.98. The molecule has 2 rings (SSSR count). The topological polar surface area (TPSA) is 71.1 Å². The highest BCUT2D eigenvalue weighted by molar-refractivity contribution is 6.05. The molecule has 0 aliphatic heterocycles. The van der Waals surface area contributed by atoms with Gasteiger partial charge in [0.15, 0.2) is 0 Å². The number of anilines is 1. The third kappa shape index (κ3) is 5.03. The Hall–Kier alpha value is -2.90. The van der Waals surface area contributed by atoms with E-state index in [9.17, 15) is 22.8 Å². The van der Waals surface area contributed by atoms with Crippen LogP contribution >= 0.6 is 0 Å². The molecule has 0 unspecified atom stereocenters. The number of aromatic nitrogens is 1. The first-order chi connectivity index (χ1) is 11.7. The summed E-state index contributed by atoms with van der Waals surface area (Å²) in [5.74, 6) is -0.946. The number of amides is 2. The van der Waals surface area contributed by atoms with Crippen LogP contribution in [0.1, 0.15) is 40.1 Å². The van der Waals surface area contributed by atoms with Crippen molar-refractivity contribution in [1.29, 1.82) is 0 Å². The Bertz CT molecular complexity index is 771. The maximum atomic E-state index is 12.5. The van der Waals surface area contributed by atoms with Gasteiger partial charge in [0.05, 0.1) is 16.7 Å². The number of pyridine rings is 1. The van der Waals surface area contributed by atoms with Crippen LogP contribution in [0.5, 0.6) is 0 Å². The summed E-state index contributed by atoms with van der Waals surface area (Å²) < 4.78 is 37.6. The summed E-state index contributed by atoms with van der Waals surface area (Å²) in [6.07, 6.45) is -1.84. The third-order valence-corrected chi connectivity index (χ3v) is 3.15. The van der Waals surface area contributed by atoms with Crippen molar-refractivity contribution in [3.8, 4) is 0 Å². The number of hydrogen-bond donors (Lipinski definition) is 2. The number of nitrogens with one attached hydrogen (secondary N) is 2. The molecular weight excluding hydrogens is 335 g/mol. The van der Waals surface area contributed by atoms with Crippen LogP contribution in [0.25, 0.3) is 0 Å². The minimum absolute atomic E-state index is 0.0721. The van der Waals surface area contributed by atoms with Crippen LogP contribution in [-0.4, -0.2) is 22.8 Å². The van der Waals surface area contributed by atoms with Crippen LogP contribution in [0.2, 0.25) is 0 Å². The smallest absolute Gasteiger partial charge is 0.350 e. The lowest BCUT2D eigenvalue weighted by Gasteiger charge is -2.10.